The summed E-state index contributed by atoms with van der Waals surface area (Å²) in [5.41, 5.74) is 1.87. The van der Waals surface area contributed by atoms with Crippen molar-refractivity contribution in [1.29, 1.82) is 0 Å². The Balaban J connectivity index is 1.65. The highest BCUT2D eigenvalue weighted by atomic mass is 16.6. The second-order valence-electron chi connectivity index (χ2n) is 7.61. The SMILES string of the molecule is Cn1ccc2cc(NC3CCCN(C(=O)OC(C)(C)C)C3)ccc21. The maximum atomic E-state index is 12.3. The molecule has 1 saturated heterocycles. The predicted octanol–water partition coefficient (Wildman–Crippen LogP) is 3.99. The van der Waals surface area contributed by atoms with Gasteiger partial charge in [0.25, 0.3) is 0 Å². The molecule has 130 valence electrons. The predicted molar refractivity (Wildman–Crippen MR) is 97.4 cm³/mol. The summed E-state index contributed by atoms with van der Waals surface area (Å²) in [5.74, 6) is 0. The number of ether oxygens (including phenoxy) is 1. The molecule has 0 bridgehead atoms. The van der Waals surface area contributed by atoms with Gasteiger partial charge in [0.05, 0.1) is 0 Å². The third-order valence-corrected chi connectivity index (χ3v) is 4.33. The summed E-state index contributed by atoms with van der Waals surface area (Å²) in [6.45, 7) is 7.16. The number of benzene rings is 1. The minimum absolute atomic E-state index is 0.215. The normalized spacial score (nSPS) is 18.7. The molecule has 0 radical (unpaired) electrons. The average Bonchev–Trinajstić information content (AvgIpc) is 2.87. The van der Waals surface area contributed by atoms with Crippen molar-refractivity contribution in [2.75, 3.05) is 18.4 Å². The van der Waals surface area contributed by atoms with Crippen LogP contribution in [-0.2, 0) is 11.8 Å². The van der Waals surface area contributed by atoms with Crippen LogP contribution in [0, 0.1) is 0 Å². The highest BCUT2D eigenvalue weighted by Gasteiger charge is 2.27. The fraction of sp³-hybridized carbons (Fsp3) is 0.526. The minimum Gasteiger partial charge on any atom is -0.444 e. The van der Waals surface area contributed by atoms with Gasteiger partial charge in [0.15, 0.2) is 0 Å². The van der Waals surface area contributed by atoms with Crippen molar-refractivity contribution in [2.45, 2.75) is 45.3 Å². The van der Waals surface area contributed by atoms with Crippen molar-refractivity contribution in [3.05, 3.63) is 30.5 Å². The van der Waals surface area contributed by atoms with E-state index in [4.69, 9.17) is 4.74 Å². The maximum absolute atomic E-state index is 12.3. The molecule has 24 heavy (non-hydrogen) atoms. The van der Waals surface area contributed by atoms with E-state index in [0.717, 1.165) is 25.1 Å². The number of aromatic nitrogens is 1. The van der Waals surface area contributed by atoms with E-state index < -0.39 is 5.60 Å². The number of amides is 1. The lowest BCUT2D eigenvalue weighted by Gasteiger charge is -2.34. The van der Waals surface area contributed by atoms with Crippen molar-refractivity contribution in [1.82, 2.24) is 9.47 Å². The molecule has 0 spiro atoms. The third kappa shape index (κ3) is 3.83. The molecule has 0 aliphatic carbocycles. The van der Waals surface area contributed by atoms with Gasteiger partial charge in [-0.3, -0.25) is 0 Å². The summed E-state index contributed by atoms with van der Waals surface area (Å²) in [6.07, 6.45) is 3.91. The number of hydrogen-bond acceptors (Lipinski definition) is 3. The molecule has 1 aromatic heterocycles. The van der Waals surface area contributed by atoms with Crippen molar-refractivity contribution in [2.24, 2.45) is 7.05 Å². The van der Waals surface area contributed by atoms with Crippen molar-refractivity contribution in [3.8, 4) is 0 Å². The molecule has 1 aromatic carbocycles. The molecule has 3 rings (SSSR count). The zero-order valence-electron chi connectivity index (χ0n) is 15.0. The van der Waals surface area contributed by atoms with E-state index in [1.165, 1.54) is 10.9 Å². The van der Waals surface area contributed by atoms with E-state index in [1.807, 2.05) is 25.7 Å². The van der Waals surface area contributed by atoms with Crippen LogP contribution in [0.2, 0.25) is 0 Å². The number of fused-ring (bicyclic) bond motifs is 1. The van der Waals surface area contributed by atoms with Crippen LogP contribution in [0.3, 0.4) is 0 Å². The van der Waals surface area contributed by atoms with Gasteiger partial charge in [-0.1, -0.05) is 0 Å². The van der Waals surface area contributed by atoms with E-state index in [0.29, 0.717) is 6.54 Å². The Morgan fingerprint density at radius 2 is 2.08 bits per heavy atom. The Hall–Kier alpha value is -2.17. The third-order valence-electron chi connectivity index (χ3n) is 4.33. The van der Waals surface area contributed by atoms with Gasteiger partial charge in [0.1, 0.15) is 5.60 Å². The van der Waals surface area contributed by atoms with Gasteiger partial charge in [-0.25, -0.2) is 4.79 Å². The van der Waals surface area contributed by atoms with Crippen LogP contribution in [0.4, 0.5) is 10.5 Å². The molecule has 1 aliphatic rings. The molecule has 1 atom stereocenters. The molecule has 1 fully saturated rings. The number of nitrogens with one attached hydrogen (secondary N) is 1. The van der Waals surface area contributed by atoms with Crippen molar-refractivity contribution < 1.29 is 9.53 Å². The summed E-state index contributed by atoms with van der Waals surface area (Å²) in [4.78, 5) is 14.1. The van der Waals surface area contributed by atoms with Gasteiger partial charge in [-0.2, -0.15) is 0 Å². The van der Waals surface area contributed by atoms with E-state index in [9.17, 15) is 4.79 Å². The monoisotopic (exact) mass is 329 g/mol. The molecule has 2 heterocycles. The molecule has 1 amide bonds. The largest absolute Gasteiger partial charge is 0.444 e. The van der Waals surface area contributed by atoms with Crippen LogP contribution in [0.1, 0.15) is 33.6 Å². The molecule has 1 N–H and O–H groups in total. The maximum Gasteiger partial charge on any atom is 0.410 e. The smallest absolute Gasteiger partial charge is 0.410 e. The minimum atomic E-state index is -0.449. The lowest BCUT2D eigenvalue weighted by Crippen LogP contribution is -2.46. The Morgan fingerprint density at radius 3 is 2.83 bits per heavy atom. The number of nitrogens with zero attached hydrogens (tertiary/aromatic N) is 2. The molecule has 5 nitrogen and oxygen atoms in total. The average molecular weight is 329 g/mol. The van der Waals surface area contributed by atoms with Gasteiger partial charge in [-0.05, 0) is 57.9 Å². The fourth-order valence-corrected chi connectivity index (χ4v) is 3.19. The number of hydrogen-bond donors (Lipinski definition) is 1. The van der Waals surface area contributed by atoms with Crippen molar-refractivity contribution >= 4 is 22.7 Å². The van der Waals surface area contributed by atoms with E-state index in [2.05, 4.69) is 47.4 Å². The number of anilines is 1. The lowest BCUT2D eigenvalue weighted by atomic mass is 10.1. The summed E-state index contributed by atoms with van der Waals surface area (Å²) < 4.78 is 7.61. The summed E-state index contributed by atoms with van der Waals surface area (Å²) >= 11 is 0. The fourth-order valence-electron chi connectivity index (χ4n) is 3.19. The van der Waals surface area contributed by atoms with Crippen LogP contribution in [0.25, 0.3) is 10.9 Å². The Kier molecular flexibility index (Phi) is 4.43. The number of rotatable bonds is 2. The number of carbonyl (C=O) groups excluding carboxylic acids is 1. The van der Waals surface area contributed by atoms with Gasteiger partial charge >= 0.3 is 6.09 Å². The van der Waals surface area contributed by atoms with Gasteiger partial charge in [0.2, 0.25) is 0 Å². The summed E-state index contributed by atoms with van der Waals surface area (Å²) in [6, 6.07) is 8.78. The lowest BCUT2D eigenvalue weighted by molar-refractivity contribution is 0.0206. The van der Waals surface area contributed by atoms with E-state index in [1.54, 1.807) is 0 Å². The van der Waals surface area contributed by atoms with Crippen LogP contribution in [0.15, 0.2) is 30.5 Å². The van der Waals surface area contributed by atoms with E-state index >= 15 is 0 Å². The van der Waals surface area contributed by atoms with Crippen LogP contribution in [-0.4, -0.2) is 40.3 Å². The second-order valence-corrected chi connectivity index (χ2v) is 7.61. The van der Waals surface area contributed by atoms with Crippen LogP contribution in [0.5, 0.6) is 0 Å². The molecule has 5 heteroatoms. The Bertz CT molecular complexity index is 730. The zero-order chi connectivity index (χ0) is 17.3. The molecule has 1 aliphatic heterocycles. The van der Waals surface area contributed by atoms with Gasteiger partial charge in [-0.15, -0.1) is 0 Å². The number of piperidine rings is 1. The molecular formula is C19H27N3O2. The molecular weight excluding hydrogens is 302 g/mol. The van der Waals surface area contributed by atoms with Gasteiger partial charge < -0.3 is 19.5 Å². The molecule has 0 saturated carbocycles. The topological polar surface area (TPSA) is 46.5 Å². The first-order valence-electron chi connectivity index (χ1n) is 8.61. The molecule has 2 aromatic rings. The highest BCUT2D eigenvalue weighted by Crippen LogP contribution is 2.23. The second kappa shape index (κ2) is 6.38. The number of likely N-dealkylation sites (tertiary alicyclic amines) is 1. The zero-order valence-corrected chi connectivity index (χ0v) is 15.0. The first kappa shape index (κ1) is 16.7. The molecule has 1 unspecified atom stereocenters. The first-order chi connectivity index (χ1) is 11.3. The summed E-state index contributed by atoms with van der Waals surface area (Å²) in [7, 11) is 2.05. The highest BCUT2D eigenvalue weighted by molar-refractivity contribution is 5.83. The standard InChI is InChI=1S/C19H27N3O2/c1-19(2,3)24-18(23)22-10-5-6-16(13-22)20-15-7-8-17-14(12-15)9-11-21(17)4/h7-9,11-12,16,20H,5-6,10,13H2,1-4H3. The Morgan fingerprint density at radius 1 is 1.29 bits per heavy atom. The Labute approximate surface area is 143 Å². The summed E-state index contributed by atoms with van der Waals surface area (Å²) in [5, 5.41) is 4.80. The van der Waals surface area contributed by atoms with Crippen molar-refractivity contribution in [3.63, 3.8) is 0 Å². The van der Waals surface area contributed by atoms with Crippen LogP contribution < -0.4 is 5.32 Å². The number of aryl methyl sites for hydroxylation is 1. The quantitative estimate of drug-likeness (QED) is 0.906. The first-order valence-corrected chi connectivity index (χ1v) is 8.61. The van der Waals surface area contributed by atoms with E-state index in [-0.39, 0.29) is 12.1 Å². The number of carbonyl (C=O) groups is 1. The van der Waals surface area contributed by atoms with Crippen LogP contribution >= 0.6 is 0 Å². The van der Waals surface area contributed by atoms with Gasteiger partial charge in [0, 0.05) is 49.0 Å².